The number of carbonyl (C=O) groups excluding carboxylic acids is 2. The Hall–Kier alpha value is -5.88. The average Bonchev–Trinajstić information content (AvgIpc) is 3.58. The molecule has 6 rings (SSSR count). The van der Waals surface area contributed by atoms with Crippen LogP contribution in [0.4, 0.5) is 59.7 Å². The zero-order chi connectivity index (χ0) is 41.9. The summed E-state index contributed by atoms with van der Waals surface area (Å²) >= 11 is 7.03. The van der Waals surface area contributed by atoms with Gasteiger partial charge in [-0.1, -0.05) is 40.4 Å². The zero-order valence-corrected chi connectivity index (χ0v) is 30.0. The largest absolute Gasteiger partial charge is 0.417 e. The zero-order valence-electron chi connectivity index (χ0n) is 28.5. The minimum atomic E-state index is -4.90. The molecule has 0 atom stereocenters. The first-order valence-electron chi connectivity index (χ1n) is 15.8. The van der Waals surface area contributed by atoms with Gasteiger partial charge in [-0.15, -0.1) is 5.10 Å². The number of amides is 2. The molecule has 5 aromatic carbocycles. The smallest absolute Gasteiger partial charge is 0.322 e. The van der Waals surface area contributed by atoms with E-state index in [1.165, 1.54) is 6.07 Å². The second-order valence-electron chi connectivity index (χ2n) is 11.8. The number of hydrogen-bond acceptors (Lipinski definition) is 5. The van der Waals surface area contributed by atoms with Crippen molar-refractivity contribution in [3.8, 4) is 22.3 Å². The lowest BCUT2D eigenvalue weighted by atomic mass is 9.96. The van der Waals surface area contributed by atoms with Crippen LogP contribution in [0.15, 0.2) is 103 Å². The summed E-state index contributed by atoms with van der Waals surface area (Å²) in [4.78, 5) is 24.6. The predicted octanol–water partition coefficient (Wildman–Crippen LogP) is 12.4. The number of carbonyl (C=O) groups is 2. The van der Waals surface area contributed by atoms with E-state index in [4.69, 9.17) is 11.6 Å². The number of rotatable bonds is 6. The molecule has 0 bridgehead atoms. The molecule has 6 nitrogen and oxygen atoms in total. The maximum Gasteiger partial charge on any atom is 0.417 e. The van der Waals surface area contributed by atoms with Crippen LogP contribution in [0.25, 0.3) is 22.3 Å². The van der Waals surface area contributed by atoms with Gasteiger partial charge in [-0.2, -0.15) is 39.5 Å². The van der Waals surface area contributed by atoms with Gasteiger partial charge in [-0.25, -0.2) is 8.78 Å². The molecule has 2 amide bonds. The van der Waals surface area contributed by atoms with Crippen molar-refractivity contribution in [3.05, 3.63) is 153 Å². The second kappa shape index (κ2) is 16.7. The van der Waals surface area contributed by atoms with Crippen LogP contribution < -0.4 is 10.6 Å². The summed E-state index contributed by atoms with van der Waals surface area (Å²) in [7, 11) is 0. The monoisotopic (exact) mass is 842 g/mol. The minimum absolute atomic E-state index is 0.0120. The molecule has 0 spiro atoms. The molecule has 1 aromatic heterocycles. The number of nitrogens with one attached hydrogen (secondary N) is 2. The van der Waals surface area contributed by atoms with Gasteiger partial charge < -0.3 is 10.6 Å². The molecular formula is C38H22ClF11N4O2S. The molecular weight excluding hydrogens is 821 g/mol. The van der Waals surface area contributed by atoms with E-state index in [2.05, 4.69) is 20.2 Å². The lowest BCUT2D eigenvalue weighted by Crippen LogP contribution is -2.14. The standard InChI is InChI=1S/C21H11F8NO.C17H11ClF3N3OS/c22-13-4-8-18(23)16(10-13)19(31)30-14-5-1-11(2-6-14)15-9-12(20(24,25)26)3-7-17(15)21(27,28)29;1-9-15(26-24-23-9)16(25)22-12-5-2-10(3-6-12)13-8-11(17(19,20)21)4-7-14(13)18/h1-10H,(H,30,31);2-8H,1H3,(H,22,25). The van der Waals surface area contributed by atoms with Gasteiger partial charge in [0.05, 0.1) is 27.9 Å². The van der Waals surface area contributed by atoms with Gasteiger partial charge in [0.2, 0.25) is 0 Å². The molecule has 19 heteroatoms. The summed E-state index contributed by atoms with van der Waals surface area (Å²) in [6.45, 7) is 1.68. The topological polar surface area (TPSA) is 84.0 Å². The Morgan fingerprint density at radius 3 is 1.63 bits per heavy atom. The number of alkyl halides is 9. The number of nitrogens with zero attached hydrogens (tertiary/aromatic N) is 2. The maximum atomic E-state index is 13.7. The van der Waals surface area contributed by atoms with Crippen molar-refractivity contribution in [3.63, 3.8) is 0 Å². The summed E-state index contributed by atoms with van der Waals surface area (Å²) in [6.07, 6.45) is -14.2. The van der Waals surface area contributed by atoms with Gasteiger partial charge in [0.1, 0.15) is 16.5 Å². The Morgan fingerprint density at radius 1 is 0.614 bits per heavy atom. The van der Waals surface area contributed by atoms with E-state index in [-0.39, 0.29) is 27.7 Å². The van der Waals surface area contributed by atoms with E-state index >= 15 is 0 Å². The van der Waals surface area contributed by atoms with Crippen molar-refractivity contribution < 1.29 is 57.9 Å². The van der Waals surface area contributed by atoms with Gasteiger partial charge in [-0.3, -0.25) is 9.59 Å². The van der Waals surface area contributed by atoms with Crippen molar-refractivity contribution >= 4 is 46.3 Å². The van der Waals surface area contributed by atoms with Crippen LogP contribution in [0.2, 0.25) is 5.02 Å². The third-order valence-corrected chi connectivity index (χ3v) is 9.04. The van der Waals surface area contributed by atoms with Crippen LogP contribution in [0.5, 0.6) is 0 Å². The lowest BCUT2D eigenvalue weighted by Gasteiger charge is -2.16. The minimum Gasteiger partial charge on any atom is -0.322 e. The molecule has 2 N–H and O–H groups in total. The van der Waals surface area contributed by atoms with Gasteiger partial charge >= 0.3 is 18.5 Å². The van der Waals surface area contributed by atoms with Gasteiger partial charge in [0, 0.05) is 22.0 Å². The van der Waals surface area contributed by atoms with Crippen molar-refractivity contribution in [2.45, 2.75) is 25.5 Å². The van der Waals surface area contributed by atoms with Crippen molar-refractivity contribution in [2.75, 3.05) is 10.6 Å². The normalized spacial score (nSPS) is 11.7. The SMILES string of the molecule is Cc1nnsc1C(=O)Nc1ccc(-c2cc(C(F)(F)F)ccc2Cl)cc1.O=C(Nc1ccc(-c2cc(C(F)(F)F)ccc2C(F)(F)F)cc1)c1cc(F)ccc1F. The molecule has 1 heterocycles. The number of hydrogen-bond donors (Lipinski definition) is 2. The Bertz CT molecular complexity index is 2410. The molecule has 0 aliphatic carbocycles. The molecule has 0 saturated heterocycles. The lowest BCUT2D eigenvalue weighted by molar-refractivity contribution is -0.141. The molecule has 0 radical (unpaired) electrons. The fourth-order valence-electron chi connectivity index (χ4n) is 5.09. The van der Waals surface area contributed by atoms with Crippen LogP contribution in [0.3, 0.4) is 0 Å². The highest BCUT2D eigenvalue weighted by molar-refractivity contribution is 7.08. The molecule has 0 unspecified atom stereocenters. The van der Waals surface area contributed by atoms with E-state index in [9.17, 15) is 57.9 Å². The van der Waals surface area contributed by atoms with E-state index in [1.54, 1.807) is 31.2 Å². The maximum absolute atomic E-state index is 13.7. The Balaban J connectivity index is 0.000000221. The molecule has 296 valence electrons. The van der Waals surface area contributed by atoms with Gasteiger partial charge in [0.15, 0.2) is 0 Å². The Kier molecular flexibility index (Phi) is 12.4. The Labute approximate surface area is 324 Å². The molecule has 0 fully saturated rings. The van der Waals surface area contributed by atoms with Crippen molar-refractivity contribution in [1.29, 1.82) is 0 Å². The summed E-state index contributed by atoms with van der Waals surface area (Å²) in [6, 6.07) is 17.2. The quantitative estimate of drug-likeness (QED) is 0.164. The molecule has 0 aliphatic rings. The molecule has 57 heavy (non-hydrogen) atoms. The fraction of sp³-hybridized carbons (Fsp3) is 0.105. The van der Waals surface area contributed by atoms with E-state index in [1.807, 2.05) is 0 Å². The second-order valence-corrected chi connectivity index (χ2v) is 13.0. The van der Waals surface area contributed by atoms with Gasteiger partial charge in [-0.05, 0) is 114 Å². The average molecular weight is 843 g/mol. The highest BCUT2D eigenvalue weighted by Gasteiger charge is 2.37. The first kappa shape index (κ1) is 42.3. The summed E-state index contributed by atoms with van der Waals surface area (Å²) in [5.41, 5.74) is -2.97. The third-order valence-electron chi connectivity index (χ3n) is 7.88. The van der Waals surface area contributed by atoms with E-state index in [0.29, 0.717) is 46.1 Å². The Morgan fingerprint density at radius 2 is 1.12 bits per heavy atom. The highest BCUT2D eigenvalue weighted by Crippen LogP contribution is 2.41. The van der Waals surface area contributed by atoms with Crippen LogP contribution >= 0.6 is 23.1 Å². The molecule has 0 aliphatic heterocycles. The summed E-state index contributed by atoms with van der Waals surface area (Å²) < 4.78 is 148. The summed E-state index contributed by atoms with van der Waals surface area (Å²) in [5.74, 6) is -3.21. The van der Waals surface area contributed by atoms with Crippen LogP contribution in [0.1, 0.15) is 42.4 Å². The van der Waals surface area contributed by atoms with Crippen LogP contribution in [-0.2, 0) is 18.5 Å². The van der Waals surface area contributed by atoms with Gasteiger partial charge in [0.25, 0.3) is 11.8 Å². The molecule has 6 aromatic rings. The van der Waals surface area contributed by atoms with Crippen molar-refractivity contribution in [2.24, 2.45) is 0 Å². The van der Waals surface area contributed by atoms with Crippen LogP contribution in [-0.4, -0.2) is 21.4 Å². The third kappa shape index (κ3) is 10.5. The van der Waals surface area contributed by atoms with E-state index < -0.39 is 63.9 Å². The van der Waals surface area contributed by atoms with Crippen molar-refractivity contribution in [1.82, 2.24) is 9.59 Å². The molecule has 0 saturated carbocycles. The first-order valence-corrected chi connectivity index (χ1v) is 17.0. The number of aromatic nitrogens is 2. The number of halogens is 12. The highest BCUT2D eigenvalue weighted by atomic mass is 35.5. The van der Waals surface area contributed by atoms with Crippen LogP contribution in [0, 0.1) is 18.6 Å². The number of anilines is 2. The number of benzene rings is 5. The predicted molar refractivity (Wildman–Crippen MR) is 191 cm³/mol. The summed E-state index contributed by atoms with van der Waals surface area (Å²) in [5, 5.41) is 8.91. The fourth-order valence-corrected chi connectivity index (χ4v) is 5.87. The number of aryl methyl sites for hydroxylation is 1. The first-order chi connectivity index (χ1) is 26.6. The van der Waals surface area contributed by atoms with E-state index in [0.717, 1.165) is 60.1 Å².